The molecule has 0 N–H and O–H groups in total. The second-order valence-electron chi connectivity index (χ2n) is 4.98. The van der Waals surface area contributed by atoms with Crippen molar-refractivity contribution in [1.82, 2.24) is 4.90 Å². The number of amides is 2. The molecule has 0 bridgehead atoms. The minimum absolute atomic E-state index is 0.212. The SMILES string of the molecule is O=C1c2ccccc2C(=O)N1CC[S@](=O)CCc1cccs1. The lowest BCUT2D eigenvalue weighted by atomic mass is 10.1. The summed E-state index contributed by atoms with van der Waals surface area (Å²) in [5.41, 5.74) is 0.883. The number of thiophene rings is 1. The Hall–Kier alpha value is -1.79. The summed E-state index contributed by atoms with van der Waals surface area (Å²) in [6.07, 6.45) is 0.770. The van der Waals surface area contributed by atoms with E-state index >= 15 is 0 Å². The molecule has 0 fully saturated rings. The maximum absolute atomic E-state index is 12.2. The summed E-state index contributed by atoms with van der Waals surface area (Å²) in [4.78, 5) is 26.7. The lowest BCUT2D eigenvalue weighted by Crippen LogP contribution is -2.33. The summed E-state index contributed by atoms with van der Waals surface area (Å²) >= 11 is 1.65. The van der Waals surface area contributed by atoms with E-state index in [9.17, 15) is 13.8 Å². The summed E-state index contributed by atoms with van der Waals surface area (Å²) in [6.45, 7) is 0.212. The second kappa shape index (κ2) is 6.54. The molecular weight excluding hydrogens is 318 g/mol. The van der Waals surface area contributed by atoms with Crippen molar-refractivity contribution in [2.24, 2.45) is 0 Å². The summed E-state index contributed by atoms with van der Waals surface area (Å²) in [5.74, 6) is 0.326. The fraction of sp³-hybridized carbons (Fsp3) is 0.250. The van der Waals surface area contributed by atoms with Gasteiger partial charge in [0.05, 0.1) is 11.1 Å². The van der Waals surface area contributed by atoms with Crippen molar-refractivity contribution in [1.29, 1.82) is 0 Å². The smallest absolute Gasteiger partial charge is 0.261 e. The topological polar surface area (TPSA) is 54.5 Å². The van der Waals surface area contributed by atoms with Gasteiger partial charge in [-0.3, -0.25) is 18.7 Å². The molecule has 4 nitrogen and oxygen atoms in total. The predicted octanol–water partition coefficient (Wildman–Crippen LogP) is 2.34. The van der Waals surface area contributed by atoms with Gasteiger partial charge in [0.1, 0.15) is 0 Å². The number of benzene rings is 1. The first-order valence-electron chi connectivity index (χ1n) is 6.99. The minimum atomic E-state index is -1.04. The fourth-order valence-corrected chi connectivity index (χ4v) is 4.28. The zero-order valence-electron chi connectivity index (χ0n) is 11.9. The first kappa shape index (κ1) is 15.1. The van der Waals surface area contributed by atoms with Gasteiger partial charge in [-0.15, -0.1) is 11.3 Å². The van der Waals surface area contributed by atoms with Crippen LogP contribution in [0.2, 0.25) is 0 Å². The number of carbonyl (C=O) groups is 2. The molecule has 3 rings (SSSR count). The van der Waals surface area contributed by atoms with Crippen molar-refractivity contribution in [2.75, 3.05) is 18.1 Å². The molecule has 1 aliphatic heterocycles. The lowest BCUT2D eigenvalue weighted by Gasteiger charge is -2.13. The van der Waals surface area contributed by atoms with Gasteiger partial charge in [0, 0.05) is 33.7 Å². The molecule has 0 saturated carbocycles. The quantitative estimate of drug-likeness (QED) is 0.763. The molecule has 0 radical (unpaired) electrons. The highest BCUT2D eigenvalue weighted by Gasteiger charge is 2.34. The van der Waals surface area contributed by atoms with Gasteiger partial charge in [-0.2, -0.15) is 0 Å². The normalized spacial score (nSPS) is 15.2. The molecule has 0 aliphatic carbocycles. The van der Waals surface area contributed by atoms with Crippen LogP contribution < -0.4 is 0 Å². The second-order valence-corrected chi connectivity index (χ2v) is 7.71. The zero-order valence-corrected chi connectivity index (χ0v) is 13.5. The van der Waals surface area contributed by atoms with Gasteiger partial charge < -0.3 is 0 Å². The molecule has 1 aromatic heterocycles. The van der Waals surface area contributed by atoms with Crippen LogP contribution in [0, 0.1) is 0 Å². The van der Waals surface area contributed by atoms with E-state index in [2.05, 4.69) is 0 Å². The third-order valence-corrected chi connectivity index (χ3v) is 5.81. The van der Waals surface area contributed by atoms with Crippen LogP contribution in [0.4, 0.5) is 0 Å². The molecule has 2 amide bonds. The Bertz CT molecular complexity index is 690. The molecule has 1 aliphatic rings. The van der Waals surface area contributed by atoms with Crippen molar-refractivity contribution in [3.63, 3.8) is 0 Å². The van der Waals surface area contributed by atoms with E-state index < -0.39 is 10.8 Å². The van der Waals surface area contributed by atoms with Gasteiger partial charge >= 0.3 is 0 Å². The summed E-state index contributed by atoms with van der Waals surface area (Å²) in [7, 11) is -1.04. The van der Waals surface area contributed by atoms with Crippen LogP contribution >= 0.6 is 11.3 Å². The number of hydrogen-bond donors (Lipinski definition) is 0. The van der Waals surface area contributed by atoms with Crippen LogP contribution in [0.3, 0.4) is 0 Å². The monoisotopic (exact) mass is 333 g/mol. The molecular formula is C16H15NO3S2. The molecule has 6 heteroatoms. The van der Waals surface area contributed by atoms with Crippen molar-refractivity contribution in [3.8, 4) is 0 Å². The van der Waals surface area contributed by atoms with E-state index in [4.69, 9.17) is 0 Å². The van der Waals surface area contributed by atoms with E-state index in [1.165, 1.54) is 9.78 Å². The largest absolute Gasteiger partial charge is 0.273 e. The van der Waals surface area contributed by atoms with Gasteiger partial charge in [0.15, 0.2) is 0 Å². The Balaban J connectivity index is 1.55. The number of fused-ring (bicyclic) bond motifs is 1. The number of carbonyl (C=O) groups excluding carboxylic acids is 2. The molecule has 2 heterocycles. The van der Waals surface area contributed by atoms with Crippen molar-refractivity contribution >= 4 is 34.0 Å². The number of hydrogen-bond acceptors (Lipinski definition) is 4. The number of aryl methyl sites for hydroxylation is 1. The molecule has 2 aromatic rings. The third-order valence-electron chi connectivity index (χ3n) is 3.58. The van der Waals surface area contributed by atoms with Crippen molar-refractivity contribution in [3.05, 3.63) is 57.8 Å². The van der Waals surface area contributed by atoms with Gasteiger partial charge in [-0.1, -0.05) is 18.2 Å². The van der Waals surface area contributed by atoms with Gasteiger partial charge in [-0.25, -0.2) is 0 Å². The van der Waals surface area contributed by atoms with Crippen molar-refractivity contribution < 1.29 is 13.8 Å². The molecule has 0 spiro atoms. The van der Waals surface area contributed by atoms with E-state index in [1.54, 1.807) is 35.6 Å². The van der Waals surface area contributed by atoms with E-state index in [-0.39, 0.29) is 18.4 Å². The molecule has 22 heavy (non-hydrogen) atoms. The molecule has 0 saturated heterocycles. The number of rotatable bonds is 6. The van der Waals surface area contributed by atoms with Gasteiger partial charge in [0.25, 0.3) is 11.8 Å². The summed E-state index contributed by atoms with van der Waals surface area (Å²) < 4.78 is 12.0. The first-order chi connectivity index (χ1) is 10.7. The highest BCUT2D eigenvalue weighted by molar-refractivity contribution is 7.85. The van der Waals surface area contributed by atoms with Gasteiger partial charge in [0.2, 0.25) is 0 Å². The van der Waals surface area contributed by atoms with Crippen LogP contribution in [-0.2, 0) is 17.2 Å². The van der Waals surface area contributed by atoms with E-state index in [0.29, 0.717) is 22.6 Å². The molecule has 1 atom stereocenters. The Labute approximate surface area is 135 Å². The Morgan fingerprint density at radius 3 is 2.23 bits per heavy atom. The van der Waals surface area contributed by atoms with Crippen LogP contribution in [0.5, 0.6) is 0 Å². The molecule has 114 valence electrons. The fourth-order valence-electron chi connectivity index (χ4n) is 2.41. The van der Waals surface area contributed by atoms with E-state index in [0.717, 1.165) is 6.42 Å². The van der Waals surface area contributed by atoms with Crippen LogP contribution in [0.15, 0.2) is 41.8 Å². The Kier molecular flexibility index (Phi) is 4.49. The maximum Gasteiger partial charge on any atom is 0.261 e. The van der Waals surface area contributed by atoms with Crippen LogP contribution in [-0.4, -0.2) is 39.0 Å². The van der Waals surface area contributed by atoms with Crippen LogP contribution in [0.1, 0.15) is 25.6 Å². The average Bonchev–Trinajstić information content (AvgIpc) is 3.13. The van der Waals surface area contributed by atoms with Gasteiger partial charge in [-0.05, 0) is 30.0 Å². The van der Waals surface area contributed by atoms with Crippen molar-refractivity contribution in [2.45, 2.75) is 6.42 Å². The minimum Gasteiger partial charge on any atom is -0.273 e. The average molecular weight is 333 g/mol. The predicted molar refractivity (Wildman–Crippen MR) is 87.7 cm³/mol. The van der Waals surface area contributed by atoms with Crippen LogP contribution in [0.25, 0.3) is 0 Å². The number of nitrogens with zero attached hydrogens (tertiary/aromatic N) is 1. The van der Waals surface area contributed by atoms with E-state index in [1.807, 2.05) is 17.5 Å². The molecule has 0 unspecified atom stereocenters. The Morgan fingerprint density at radius 2 is 1.64 bits per heavy atom. The number of imide groups is 1. The first-order valence-corrected chi connectivity index (χ1v) is 9.36. The maximum atomic E-state index is 12.2. The highest BCUT2D eigenvalue weighted by atomic mass is 32.2. The Morgan fingerprint density at radius 1 is 0.955 bits per heavy atom. The molecule has 1 aromatic carbocycles. The summed E-state index contributed by atoms with van der Waals surface area (Å²) in [5, 5.41) is 2.00. The summed E-state index contributed by atoms with van der Waals surface area (Å²) in [6, 6.07) is 10.8. The lowest BCUT2D eigenvalue weighted by molar-refractivity contribution is 0.0664. The highest BCUT2D eigenvalue weighted by Crippen LogP contribution is 2.22. The third kappa shape index (κ3) is 3.03. The zero-order chi connectivity index (χ0) is 15.5. The standard InChI is InChI=1S/C16H15NO3S2/c18-15-13-5-1-2-6-14(13)16(19)17(15)8-11-22(20)10-7-12-4-3-9-21-12/h1-6,9H,7-8,10-11H2/t22-/m1/s1.